The highest BCUT2D eigenvalue weighted by Gasteiger charge is 2.47. The Hall–Kier alpha value is -6.19. The smallest absolute Gasteiger partial charge is 0.0736 e. The monoisotopic (exact) mass is 732 g/mol. The van der Waals surface area contributed by atoms with Crippen molar-refractivity contribution in [2.75, 3.05) is 0 Å². The summed E-state index contributed by atoms with van der Waals surface area (Å²) in [6.07, 6.45) is 0. The maximum atomic E-state index is 2.43. The molecular formula is C53H32S2. The van der Waals surface area contributed by atoms with Crippen LogP contribution in [0.1, 0.15) is 22.3 Å². The minimum Gasteiger partial charge on any atom is -0.135 e. The van der Waals surface area contributed by atoms with Gasteiger partial charge in [0.15, 0.2) is 0 Å². The summed E-state index contributed by atoms with van der Waals surface area (Å²) in [5.41, 5.74) is 7.12. The van der Waals surface area contributed by atoms with E-state index in [1.54, 1.807) is 0 Å². The van der Waals surface area contributed by atoms with Crippen molar-refractivity contribution in [2.24, 2.45) is 0 Å². The van der Waals surface area contributed by atoms with E-state index >= 15 is 0 Å². The van der Waals surface area contributed by atoms with E-state index in [0.717, 1.165) is 0 Å². The molecule has 0 aliphatic carbocycles. The second-order valence-corrected chi connectivity index (χ2v) is 16.8. The lowest BCUT2D eigenvalue weighted by molar-refractivity contribution is 0.724. The van der Waals surface area contributed by atoms with Gasteiger partial charge in [-0.2, -0.15) is 0 Å². The lowest BCUT2D eigenvalue weighted by Crippen LogP contribution is -2.35. The fourth-order valence-electron chi connectivity index (χ4n) is 9.65. The Balaban J connectivity index is 1.23. The van der Waals surface area contributed by atoms with E-state index in [1.807, 2.05) is 23.1 Å². The van der Waals surface area contributed by atoms with E-state index in [9.17, 15) is 0 Å². The zero-order valence-electron chi connectivity index (χ0n) is 29.8. The summed E-state index contributed by atoms with van der Waals surface area (Å²) in [6, 6.07) is 72.9. The third-order valence-corrected chi connectivity index (χ3v) is 14.4. The van der Waals surface area contributed by atoms with Gasteiger partial charge in [-0.05, 0) is 88.6 Å². The molecule has 0 bridgehead atoms. The van der Waals surface area contributed by atoms with Gasteiger partial charge in [0.1, 0.15) is 0 Å². The van der Waals surface area contributed by atoms with E-state index in [0.29, 0.717) is 0 Å². The highest BCUT2D eigenvalue weighted by Crippen LogP contribution is 2.62. The van der Waals surface area contributed by atoms with E-state index in [4.69, 9.17) is 0 Å². The Morgan fingerprint density at radius 1 is 0.291 bits per heavy atom. The molecule has 0 saturated carbocycles. The summed E-state index contributed by atoms with van der Waals surface area (Å²) in [5.74, 6) is 0. The van der Waals surface area contributed by atoms with Crippen LogP contribution in [-0.4, -0.2) is 0 Å². The predicted octanol–water partition coefficient (Wildman–Crippen LogP) is 15.2. The van der Waals surface area contributed by atoms with Gasteiger partial charge in [0, 0.05) is 30.0 Å². The second-order valence-electron chi connectivity index (χ2n) is 14.7. The van der Waals surface area contributed by atoms with Gasteiger partial charge in [-0.15, -0.1) is 11.3 Å². The Bertz CT molecular complexity index is 3210. The van der Waals surface area contributed by atoms with Crippen molar-refractivity contribution in [3.8, 4) is 11.1 Å². The minimum absolute atomic E-state index is 0.627. The van der Waals surface area contributed by atoms with Gasteiger partial charge in [0.05, 0.1) is 5.41 Å². The molecular weight excluding hydrogens is 701 g/mol. The second kappa shape index (κ2) is 11.9. The summed E-state index contributed by atoms with van der Waals surface area (Å²) < 4.78 is 2.66. The van der Waals surface area contributed by atoms with Crippen molar-refractivity contribution in [1.29, 1.82) is 0 Å². The van der Waals surface area contributed by atoms with Crippen molar-refractivity contribution in [3.05, 3.63) is 216 Å². The predicted molar refractivity (Wildman–Crippen MR) is 237 cm³/mol. The molecule has 0 saturated heterocycles. The van der Waals surface area contributed by atoms with Crippen LogP contribution < -0.4 is 0 Å². The highest BCUT2D eigenvalue weighted by molar-refractivity contribution is 8.00. The molecule has 256 valence electrons. The molecule has 12 rings (SSSR count). The number of rotatable bonds is 3. The van der Waals surface area contributed by atoms with Crippen molar-refractivity contribution < 1.29 is 0 Å². The molecule has 2 heterocycles. The Morgan fingerprint density at radius 3 is 1.29 bits per heavy atom. The standard InChI is InChI=1S/C53H32S2/c1-2-14-35(15-3-1)53(36-29-26-33(27-30-36)34-28-31-42-41-20-12-13-25-47(41)54-48(42)32-34)49-43-21-8-4-16-37(43)39-18-6-10-23-45(39)51(49)55-52-46-24-11-7-19-40(46)38-17-5-9-22-44(38)50(52)53/h1-32H. The first-order chi connectivity index (χ1) is 27.3. The Morgan fingerprint density at radius 2 is 0.709 bits per heavy atom. The van der Waals surface area contributed by atoms with E-state index in [1.165, 1.54) is 106 Å². The van der Waals surface area contributed by atoms with Crippen molar-refractivity contribution in [2.45, 2.75) is 15.2 Å². The summed E-state index contributed by atoms with van der Waals surface area (Å²) in [6.45, 7) is 0. The summed E-state index contributed by atoms with van der Waals surface area (Å²) >= 11 is 3.85. The van der Waals surface area contributed by atoms with Gasteiger partial charge >= 0.3 is 0 Å². The molecule has 0 fully saturated rings. The first-order valence-electron chi connectivity index (χ1n) is 18.9. The average molecular weight is 733 g/mol. The highest BCUT2D eigenvalue weighted by atomic mass is 32.2. The summed E-state index contributed by atoms with van der Waals surface area (Å²) in [5, 5.41) is 13.0. The SMILES string of the molecule is c1ccc(C2(c3ccc(-c4ccc5c(c4)sc4ccccc45)cc3)c3c(c4ccccc4c4ccccc34)Sc3c2c2ccccc2c2ccccc32)cc1. The number of thiophene rings is 1. The molecule has 1 aliphatic rings. The molecule has 0 atom stereocenters. The van der Waals surface area contributed by atoms with Crippen LogP contribution >= 0.6 is 23.1 Å². The third kappa shape index (κ3) is 4.35. The van der Waals surface area contributed by atoms with Gasteiger partial charge in [0.25, 0.3) is 0 Å². The first kappa shape index (κ1) is 31.2. The molecule has 0 radical (unpaired) electrons. The molecule has 1 aromatic heterocycles. The first-order valence-corrected chi connectivity index (χ1v) is 20.6. The summed E-state index contributed by atoms with van der Waals surface area (Å²) in [7, 11) is 0. The van der Waals surface area contributed by atoms with Crippen LogP contribution in [0, 0.1) is 0 Å². The molecule has 11 aromatic rings. The Kier molecular flexibility index (Phi) is 6.75. The largest absolute Gasteiger partial charge is 0.135 e. The Labute approximate surface area is 327 Å². The number of benzene rings is 10. The zero-order valence-corrected chi connectivity index (χ0v) is 31.4. The van der Waals surface area contributed by atoms with E-state index in [-0.39, 0.29) is 0 Å². The van der Waals surface area contributed by atoms with Crippen LogP contribution in [0.25, 0.3) is 74.4 Å². The van der Waals surface area contributed by atoms with Crippen LogP contribution in [0.4, 0.5) is 0 Å². The van der Waals surface area contributed by atoms with Crippen LogP contribution in [0.3, 0.4) is 0 Å². The van der Waals surface area contributed by atoms with Gasteiger partial charge in [-0.25, -0.2) is 0 Å². The fourth-order valence-corrected chi connectivity index (χ4v) is 12.3. The van der Waals surface area contributed by atoms with Crippen molar-refractivity contribution >= 4 is 86.4 Å². The normalized spacial score (nSPS) is 13.5. The van der Waals surface area contributed by atoms with Crippen LogP contribution in [0.2, 0.25) is 0 Å². The van der Waals surface area contributed by atoms with Gasteiger partial charge in [-0.1, -0.05) is 194 Å². The van der Waals surface area contributed by atoms with Crippen molar-refractivity contribution in [3.63, 3.8) is 0 Å². The number of hydrogen-bond acceptors (Lipinski definition) is 2. The molecule has 2 heteroatoms. The number of hydrogen-bond donors (Lipinski definition) is 0. The van der Waals surface area contributed by atoms with E-state index in [2.05, 4.69) is 194 Å². The van der Waals surface area contributed by atoms with Crippen molar-refractivity contribution in [1.82, 2.24) is 0 Å². The lowest BCUT2D eigenvalue weighted by Gasteiger charge is -2.44. The van der Waals surface area contributed by atoms with Crippen LogP contribution in [-0.2, 0) is 5.41 Å². The quantitative estimate of drug-likeness (QED) is 0.163. The maximum absolute atomic E-state index is 2.43. The molecule has 0 unspecified atom stereocenters. The molecule has 10 aromatic carbocycles. The molecule has 1 aliphatic heterocycles. The minimum atomic E-state index is -0.627. The molecule has 0 nitrogen and oxygen atoms in total. The molecule has 0 N–H and O–H groups in total. The molecule has 0 spiro atoms. The van der Waals surface area contributed by atoms with Crippen LogP contribution in [0.15, 0.2) is 204 Å². The van der Waals surface area contributed by atoms with Gasteiger partial charge in [-0.3, -0.25) is 0 Å². The summed E-state index contributed by atoms with van der Waals surface area (Å²) in [4.78, 5) is 2.68. The third-order valence-electron chi connectivity index (χ3n) is 12.0. The lowest BCUT2D eigenvalue weighted by atomic mass is 9.62. The average Bonchev–Trinajstić information content (AvgIpc) is 3.64. The van der Waals surface area contributed by atoms with Gasteiger partial charge in [0.2, 0.25) is 0 Å². The zero-order chi connectivity index (χ0) is 36.1. The number of fused-ring (bicyclic) bond motifs is 15. The van der Waals surface area contributed by atoms with Gasteiger partial charge < -0.3 is 0 Å². The molecule has 55 heavy (non-hydrogen) atoms. The fraction of sp³-hybridized carbons (Fsp3) is 0.0189. The topological polar surface area (TPSA) is 0 Å². The molecule has 0 amide bonds. The van der Waals surface area contributed by atoms with E-state index < -0.39 is 5.41 Å². The van der Waals surface area contributed by atoms with Crippen LogP contribution in [0.5, 0.6) is 0 Å². The maximum Gasteiger partial charge on any atom is 0.0736 e.